The number of likely N-dealkylation sites (tertiary alicyclic amines) is 1. The van der Waals surface area contributed by atoms with Crippen LogP contribution in [0.4, 0.5) is 13.6 Å². The third kappa shape index (κ3) is 2.94. The first-order valence-electron chi connectivity index (χ1n) is 5.89. The maximum absolute atomic E-state index is 13.8. The third-order valence-corrected chi connectivity index (χ3v) is 3.14. The summed E-state index contributed by atoms with van der Waals surface area (Å²) in [6.07, 6.45) is -1.50. The zero-order valence-corrected chi connectivity index (χ0v) is 10.8. The lowest BCUT2D eigenvalue weighted by Crippen LogP contribution is -2.59. The summed E-state index contributed by atoms with van der Waals surface area (Å²) >= 11 is 0. The van der Waals surface area contributed by atoms with Gasteiger partial charge in [0, 0.05) is 25.9 Å². The van der Waals surface area contributed by atoms with Crippen molar-refractivity contribution in [3.63, 3.8) is 0 Å². The van der Waals surface area contributed by atoms with Crippen LogP contribution < -0.4 is 0 Å². The number of carbonyl (C=O) groups is 2. The van der Waals surface area contributed by atoms with Gasteiger partial charge in [-0.15, -0.1) is 0 Å². The van der Waals surface area contributed by atoms with Crippen molar-refractivity contribution in [3.05, 3.63) is 0 Å². The summed E-state index contributed by atoms with van der Waals surface area (Å²) in [5, 5.41) is 9.94. The molecule has 0 unspecified atom stereocenters. The van der Waals surface area contributed by atoms with Crippen LogP contribution in [0.5, 0.6) is 0 Å². The molecule has 6 nitrogen and oxygen atoms in total. The van der Waals surface area contributed by atoms with Gasteiger partial charge in [0.1, 0.15) is 5.60 Å². The number of hydrogen-bond acceptors (Lipinski definition) is 5. The van der Waals surface area contributed by atoms with Crippen molar-refractivity contribution in [1.29, 1.82) is 0 Å². The number of hydrogen-bond donors (Lipinski definition) is 1. The van der Waals surface area contributed by atoms with Gasteiger partial charge in [0.05, 0.1) is 13.7 Å². The molecule has 1 saturated heterocycles. The van der Waals surface area contributed by atoms with Gasteiger partial charge in [0.25, 0.3) is 0 Å². The van der Waals surface area contributed by atoms with Crippen LogP contribution in [0.25, 0.3) is 0 Å². The van der Waals surface area contributed by atoms with E-state index in [9.17, 15) is 23.5 Å². The number of halogens is 2. The summed E-state index contributed by atoms with van der Waals surface area (Å²) in [4.78, 5) is 23.6. The van der Waals surface area contributed by atoms with Crippen LogP contribution in [-0.2, 0) is 14.3 Å². The lowest BCUT2D eigenvalue weighted by molar-refractivity contribution is -0.222. The Balaban J connectivity index is 2.74. The van der Waals surface area contributed by atoms with Gasteiger partial charge in [-0.25, -0.2) is 9.59 Å². The molecule has 1 aliphatic rings. The van der Waals surface area contributed by atoms with E-state index in [-0.39, 0.29) is 19.7 Å². The molecule has 0 spiro atoms. The van der Waals surface area contributed by atoms with Crippen LogP contribution in [0.1, 0.15) is 19.8 Å². The molecule has 1 rings (SSSR count). The van der Waals surface area contributed by atoms with E-state index < -0.39 is 36.4 Å². The Morgan fingerprint density at radius 1 is 1.37 bits per heavy atom. The van der Waals surface area contributed by atoms with Crippen molar-refractivity contribution in [2.24, 2.45) is 0 Å². The smallest absolute Gasteiger partial charge is 0.409 e. The van der Waals surface area contributed by atoms with E-state index >= 15 is 0 Å². The van der Waals surface area contributed by atoms with Crippen molar-refractivity contribution >= 4 is 12.1 Å². The van der Waals surface area contributed by atoms with Crippen LogP contribution in [0.15, 0.2) is 0 Å². The number of amides is 1. The second-order valence-corrected chi connectivity index (χ2v) is 4.28. The Bertz CT molecular complexity index is 353. The van der Waals surface area contributed by atoms with Gasteiger partial charge in [-0.1, -0.05) is 0 Å². The normalized spacial score (nSPS) is 18.9. The van der Waals surface area contributed by atoms with Crippen LogP contribution >= 0.6 is 0 Å². The number of aliphatic hydroxyl groups is 1. The summed E-state index contributed by atoms with van der Waals surface area (Å²) in [6, 6.07) is 0. The SMILES string of the molecule is CCOC(=O)C(F)(F)C1(O)CCN(C(=O)OC)CC1. The highest BCUT2D eigenvalue weighted by Gasteiger charge is 2.60. The average Bonchev–Trinajstić information content (AvgIpc) is 2.38. The fraction of sp³-hybridized carbons (Fsp3) is 0.818. The molecular formula is C11H17F2NO5. The standard InChI is InChI=1S/C11H17F2NO5/c1-3-19-8(15)11(12,13)10(17)4-6-14(7-5-10)9(16)18-2/h17H,3-7H2,1-2H3. The Kier molecular flexibility index (Phi) is 4.67. The van der Waals surface area contributed by atoms with Gasteiger partial charge >= 0.3 is 18.0 Å². The maximum Gasteiger partial charge on any atom is 0.409 e. The molecule has 0 bridgehead atoms. The predicted octanol–water partition coefficient (Wildman–Crippen LogP) is 0.778. The van der Waals surface area contributed by atoms with E-state index in [1.807, 2.05) is 0 Å². The van der Waals surface area contributed by atoms with E-state index in [2.05, 4.69) is 9.47 Å². The summed E-state index contributed by atoms with van der Waals surface area (Å²) < 4.78 is 36.4. The summed E-state index contributed by atoms with van der Waals surface area (Å²) in [5.74, 6) is -5.74. The van der Waals surface area contributed by atoms with Gasteiger partial charge in [-0.3, -0.25) is 0 Å². The number of alkyl halides is 2. The van der Waals surface area contributed by atoms with Crippen molar-refractivity contribution < 1.29 is 33.0 Å². The van der Waals surface area contributed by atoms with E-state index in [1.165, 1.54) is 18.9 Å². The Labute approximate surface area is 109 Å². The van der Waals surface area contributed by atoms with Crippen LogP contribution in [0.3, 0.4) is 0 Å². The number of methoxy groups -OCH3 is 1. The third-order valence-electron chi connectivity index (χ3n) is 3.14. The number of esters is 1. The van der Waals surface area contributed by atoms with E-state index in [1.54, 1.807) is 0 Å². The molecular weight excluding hydrogens is 264 g/mol. The number of carbonyl (C=O) groups excluding carboxylic acids is 2. The van der Waals surface area contributed by atoms with Crippen LogP contribution in [0, 0.1) is 0 Å². The molecule has 0 aliphatic carbocycles. The fourth-order valence-electron chi connectivity index (χ4n) is 1.91. The molecule has 1 fully saturated rings. The van der Waals surface area contributed by atoms with E-state index in [0.29, 0.717) is 0 Å². The summed E-state index contributed by atoms with van der Waals surface area (Å²) in [5.41, 5.74) is -2.50. The summed E-state index contributed by atoms with van der Waals surface area (Å²) in [6.45, 7) is 0.979. The second kappa shape index (κ2) is 5.68. The summed E-state index contributed by atoms with van der Waals surface area (Å²) in [7, 11) is 1.18. The van der Waals surface area contributed by atoms with Gasteiger partial charge < -0.3 is 19.5 Å². The van der Waals surface area contributed by atoms with Crippen molar-refractivity contribution in [2.75, 3.05) is 26.8 Å². The quantitative estimate of drug-likeness (QED) is 0.774. The zero-order valence-electron chi connectivity index (χ0n) is 10.8. The predicted molar refractivity (Wildman–Crippen MR) is 59.7 cm³/mol. The lowest BCUT2D eigenvalue weighted by Gasteiger charge is -2.40. The second-order valence-electron chi connectivity index (χ2n) is 4.28. The Morgan fingerprint density at radius 3 is 2.32 bits per heavy atom. The van der Waals surface area contributed by atoms with Crippen LogP contribution in [0.2, 0.25) is 0 Å². The number of piperidine rings is 1. The van der Waals surface area contributed by atoms with Crippen molar-refractivity contribution in [2.45, 2.75) is 31.3 Å². The molecule has 1 N–H and O–H groups in total. The van der Waals surface area contributed by atoms with Crippen molar-refractivity contribution in [3.8, 4) is 0 Å². The molecule has 0 saturated carbocycles. The van der Waals surface area contributed by atoms with E-state index in [0.717, 1.165) is 0 Å². The topological polar surface area (TPSA) is 76.1 Å². The molecule has 1 heterocycles. The molecule has 8 heteroatoms. The molecule has 19 heavy (non-hydrogen) atoms. The maximum atomic E-state index is 13.8. The minimum atomic E-state index is -3.99. The fourth-order valence-corrected chi connectivity index (χ4v) is 1.91. The number of nitrogens with zero attached hydrogens (tertiary/aromatic N) is 1. The molecule has 0 atom stereocenters. The Morgan fingerprint density at radius 2 is 1.89 bits per heavy atom. The molecule has 1 aliphatic heterocycles. The Hall–Kier alpha value is -1.44. The highest BCUT2D eigenvalue weighted by Crippen LogP contribution is 2.38. The molecule has 0 aromatic carbocycles. The molecule has 110 valence electrons. The lowest BCUT2D eigenvalue weighted by atomic mass is 9.85. The zero-order chi connectivity index (χ0) is 14.7. The first-order chi connectivity index (χ1) is 8.78. The van der Waals surface area contributed by atoms with Crippen molar-refractivity contribution in [1.82, 2.24) is 4.90 Å². The molecule has 0 aromatic rings. The van der Waals surface area contributed by atoms with Gasteiger partial charge in [0.2, 0.25) is 0 Å². The number of rotatable bonds is 3. The minimum absolute atomic E-state index is 0.113. The molecule has 1 amide bonds. The average molecular weight is 281 g/mol. The van der Waals surface area contributed by atoms with Gasteiger partial charge in [-0.05, 0) is 6.92 Å². The minimum Gasteiger partial charge on any atom is -0.461 e. The van der Waals surface area contributed by atoms with E-state index in [4.69, 9.17) is 0 Å². The largest absolute Gasteiger partial charge is 0.461 e. The van der Waals surface area contributed by atoms with Gasteiger partial charge in [0.15, 0.2) is 0 Å². The highest BCUT2D eigenvalue weighted by atomic mass is 19.3. The molecule has 0 radical (unpaired) electrons. The highest BCUT2D eigenvalue weighted by molar-refractivity contribution is 5.79. The monoisotopic (exact) mass is 281 g/mol. The van der Waals surface area contributed by atoms with Gasteiger partial charge in [-0.2, -0.15) is 8.78 Å². The first-order valence-corrected chi connectivity index (χ1v) is 5.89. The number of ether oxygens (including phenoxy) is 2. The molecule has 0 aromatic heterocycles. The first kappa shape index (κ1) is 15.6. The van der Waals surface area contributed by atoms with Crippen LogP contribution in [-0.4, -0.2) is 60.4 Å².